The molecule has 0 aliphatic heterocycles. The fraction of sp³-hybridized carbons (Fsp3) is 0.353. The molecule has 1 aromatic carbocycles. The summed E-state index contributed by atoms with van der Waals surface area (Å²) in [6.45, 7) is 8.44. The maximum atomic E-state index is 12.2. The van der Waals surface area contributed by atoms with Crippen molar-refractivity contribution in [2.75, 3.05) is 11.9 Å². The number of benzene rings is 1. The number of aryl methyl sites for hydroxylation is 1. The number of ether oxygens (including phenoxy) is 1. The van der Waals surface area contributed by atoms with Crippen LogP contribution in [0.25, 0.3) is 0 Å². The van der Waals surface area contributed by atoms with Gasteiger partial charge in [-0.15, -0.1) is 0 Å². The van der Waals surface area contributed by atoms with Crippen molar-refractivity contribution in [2.45, 2.75) is 27.7 Å². The molecule has 0 unspecified atom stereocenters. The number of nitrogens with zero attached hydrogens (tertiary/aromatic N) is 2. The molecule has 0 fully saturated rings. The van der Waals surface area contributed by atoms with E-state index in [2.05, 4.69) is 42.4 Å². The smallest absolute Gasteiger partial charge is 0.259 e. The van der Waals surface area contributed by atoms with E-state index in [1.807, 2.05) is 0 Å². The predicted octanol–water partition coefficient (Wildman–Crippen LogP) is 3.27. The van der Waals surface area contributed by atoms with Crippen LogP contribution in [0.15, 0.2) is 24.4 Å². The number of amides is 1. The number of hydrogen-bond donors (Lipinski definition) is 2. The zero-order chi connectivity index (χ0) is 17.0. The number of hydrogen-bond acceptors (Lipinski definition) is 4. The van der Waals surface area contributed by atoms with E-state index < -0.39 is 0 Å². The van der Waals surface area contributed by atoms with Gasteiger partial charge in [0.2, 0.25) is 0 Å². The van der Waals surface area contributed by atoms with Gasteiger partial charge in [0.15, 0.2) is 0 Å². The number of carbonyl (C=O) groups excluding carboxylic acids is 1. The summed E-state index contributed by atoms with van der Waals surface area (Å²) >= 11 is 0. The van der Waals surface area contributed by atoms with Crippen molar-refractivity contribution in [3.8, 4) is 11.8 Å². The van der Waals surface area contributed by atoms with Gasteiger partial charge in [-0.2, -0.15) is 10.4 Å². The molecule has 0 saturated carbocycles. The third-order valence-electron chi connectivity index (χ3n) is 3.09. The highest BCUT2D eigenvalue weighted by molar-refractivity contribution is 6.04. The van der Waals surface area contributed by atoms with Crippen molar-refractivity contribution in [1.82, 2.24) is 10.2 Å². The summed E-state index contributed by atoms with van der Waals surface area (Å²) in [5.74, 6) is 0.239. The van der Waals surface area contributed by atoms with Gasteiger partial charge in [-0.3, -0.25) is 9.89 Å². The second-order valence-corrected chi connectivity index (χ2v) is 6.53. The topological polar surface area (TPSA) is 90.8 Å². The molecule has 0 bridgehead atoms. The van der Waals surface area contributed by atoms with Crippen molar-refractivity contribution in [2.24, 2.45) is 5.41 Å². The van der Waals surface area contributed by atoms with Crippen LogP contribution < -0.4 is 10.1 Å². The van der Waals surface area contributed by atoms with Crippen molar-refractivity contribution in [1.29, 1.82) is 5.26 Å². The summed E-state index contributed by atoms with van der Waals surface area (Å²) < 4.78 is 5.69. The molecule has 0 aliphatic carbocycles. The third-order valence-corrected chi connectivity index (χ3v) is 3.09. The summed E-state index contributed by atoms with van der Waals surface area (Å²) in [7, 11) is 0. The van der Waals surface area contributed by atoms with Crippen LogP contribution in [0, 0.1) is 23.7 Å². The first-order valence-electron chi connectivity index (χ1n) is 7.28. The number of anilines is 1. The largest absolute Gasteiger partial charge is 0.492 e. The second-order valence-electron chi connectivity index (χ2n) is 6.53. The van der Waals surface area contributed by atoms with Crippen LogP contribution in [-0.2, 0) is 0 Å². The lowest BCUT2D eigenvalue weighted by molar-refractivity contribution is 0.102. The van der Waals surface area contributed by atoms with Gasteiger partial charge in [-0.25, -0.2) is 0 Å². The van der Waals surface area contributed by atoms with E-state index >= 15 is 0 Å². The van der Waals surface area contributed by atoms with E-state index in [-0.39, 0.29) is 11.3 Å². The molecule has 120 valence electrons. The van der Waals surface area contributed by atoms with Crippen molar-refractivity contribution < 1.29 is 9.53 Å². The Morgan fingerprint density at radius 2 is 2.17 bits per heavy atom. The van der Waals surface area contributed by atoms with Gasteiger partial charge in [-0.05, 0) is 30.5 Å². The standard InChI is InChI=1S/C17H20N4O2/c1-11-14(9-19-21-11)16(22)20-13-5-6-15(12(7-13)8-18)23-10-17(2,3)4/h5-7,9H,10H2,1-4H3,(H,19,21)(H,20,22). The van der Waals surface area contributed by atoms with Crippen LogP contribution in [0.2, 0.25) is 0 Å². The Labute approximate surface area is 135 Å². The Kier molecular flexibility index (Phi) is 4.70. The Bertz CT molecular complexity index is 751. The maximum absolute atomic E-state index is 12.2. The van der Waals surface area contributed by atoms with Gasteiger partial charge in [0, 0.05) is 11.4 Å². The number of aromatic amines is 1. The minimum atomic E-state index is -0.275. The van der Waals surface area contributed by atoms with Gasteiger partial charge in [0.1, 0.15) is 11.8 Å². The van der Waals surface area contributed by atoms with Crippen LogP contribution in [-0.4, -0.2) is 22.7 Å². The molecular formula is C17H20N4O2. The Morgan fingerprint density at radius 1 is 1.43 bits per heavy atom. The highest BCUT2D eigenvalue weighted by Gasteiger charge is 2.15. The van der Waals surface area contributed by atoms with Crippen LogP contribution in [0.5, 0.6) is 5.75 Å². The van der Waals surface area contributed by atoms with Crippen molar-refractivity contribution in [3.05, 3.63) is 41.2 Å². The molecule has 1 aromatic heterocycles. The van der Waals surface area contributed by atoms with E-state index in [9.17, 15) is 10.1 Å². The lowest BCUT2D eigenvalue weighted by atomic mass is 9.98. The lowest BCUT2D eigenvalue weighted by Gasteiger charge is -2.19. The molecule has 0 atom stereocenters. The monoisotopic (exact) mass is 312 g/mol. The quantitative estimate of drug-likeness (QED) is 0.906. The normalized spacial score (nSPS) is 10.9. The summed E-state index contributed by atoms with van der Waals surface area (Å²) in [5, 5.41) is 18.6. The van der Waals surface area contributed by atoms with Crippen molar-refractivity contribution >= 4 is 11.6 Å². The number of rotatable bonds is 4. The molecule has 0 saturated heterocycles. The molecular weight excluding hydrogens is 292 g/mol. The molecule has 1 heterocycles. The van der Waals surface area contributed by atoms with E-state index in [1.54, 1.807) is 25.1 Å². The number of nitrogens with one attached hydrogen (secondary N) is 2. The average Bonchev–Trinajstić information content (AvgIpc) is 2.91. The van der Waals surface area contributed by atoms with Gasteiger partial charge in [-0.1, -0.05) is 20.8 Å². The van der Waals surface area contributed by atoms with Gasteiger partial charge < -0.3 is 10.1 Å². The predicted molar refractivity (Wildman–Crippen MR) is 87.4 cm³/mol. The maximum Gasteiger partial charge on any atom is 0.259 e. The number of H-pyrrole nitrogens is 1. The first-order valence-corrected chi connectivity index (χ1v) is 7.28. The zero-order valence-electron chi connectivity index (χ0n) is 13.7. The molecule has 2 N–H and O–H groups in total. The molecule has 2 aromatic rings. The van der Waals surface area contributed by atoms with E-state index in [4.69, 9.17) is 4.74 Å². The SMILES string of the molecule is Cc1[nH]ncc1C(=O)Nc1ccc(OCC(C)(C)C)c(C#N)c1. The van der Waals surface area contributed by atoms with E-state index in [1.165, 1.54) is 6.20 Å². The number of nitriles is 1. The Hall–Kier alpha value is -2.81. The second kappa shape index (κ2) is 6.53. The van der Waals surface area contributed by atoms with Crippen molar-refractivity contribution in [3.63, 3.8) is 0 Å². The minimum Gasteiger partial charge on any atom is -0.492 e. The zero-order valence-corrected chi connectivity index (χ0v) is 13.7. The molecule has 6 nitrogen and oxygen atoms in total. The van der Waals surface area contributed by atoms with E-state index in [0.29, 0.717) is 34.9 Å². The van der Waals surface area contributed by atoms with Crippen LogP contribution in [0.3, 0.4) is 0 Å². The van der Waals surface area contributed by atoms with E-state index in [0.717, 1.165) is 0 Å². The highest BCUT2D eigenvalue weighted by atomic mass is 16.5. The first-order chi connectivity index (χ1) is 10.8. The lowest BCUT2D eigenvalue weighted by Crippen LogP contribution is -2.17. The highest BCUT2D eigenvalue weighted by Crippen LogP contribution is 2.25. The Morgan fingerprint density at radius 3 is 2.74 bits per heavy atom. The molecule has 6 heteroatoms. The van der Waals surface area contributed by atoms with Gasteiger partial charge >= 0.3 is 0 Å². The minimum absolute atomic E-state index is 0.00156. The summed E-state index contributed by atoms with van der Waals surface area (Å²) in [6, 6.07) is 7.11. The van der Waals surface area contributed by atoms with Crippen LogP contribution >= 0.6 is 0 Å². The molecule has 0 aliphatic rings. The molecule has 0 radical (unpaired) electrons. The summed E-state index contributed by atoms with van der Waals surface area (Å²) in [5.41, 5.74) is 2.08. The fourth-order valence-electron chi connectivity index (χ4n) is 1.89. The number of carbonyl (C=O) groups is 1. The molecule has 1 amide bonds. The third kappa shape index (κ3) is 4.33. The molecule has 2 rings (SSSR count). The average molecular weight is 312 g/mol. The van der Waals surface area contributed by atoms with Gasteiger partial charge in [0.25, 0.3) is 5.91 Å². The Balaban J connectivity index is 2.14. The number of aromatic nitrogens is 2. The summed E-state index contributed by atoms with van der Waals surface area (Å²) in [4.78, 5) is 12.2. The molecule has 0 spiro atoms. The first kappa shape index (κ1) is 16.6. The fourth-order valence-corrected chi connectivity index (χ4v) is 1.89. The van der Waals surface area contributed by atoms with Crippen LogP contribution in [0.4, 0.5) is 5.69 Å². The summed E-state index contributed by atoms with van der Waals surface area (Å²) in [6.07, 6.45) is 1.47. The van der Waals surface area contributed by atoms with Gasteiger partial charge in [0.05, 0.1) is 23.9 Å². The van der Waals surface area contributed by atoms with Crippen LogP contribution in [0.1, 0.15) is 42.4 Å². The molecule has 23 heavy (non-hydrogen) atoms.